The van der Waals surface area contributed by atoms with Crippen LogP contribution in [-0.2, 0) is 9.59 Å². The van der Waals surface area contributed by atoms with Crippen molar-refractivity contribution in [2.75, 3.05) is 0 Å². The summed E-state index contributed by atoms with van der Waals surface area (Å²) in [4.78, 5) is 24.4. The summed E-state index contributed by atoms with van der Waals surface area (Å²) in [5, 5.41) is 9.01. The largest absolute Gasteiger partial charge is 0.481 e. The number of nitrogens with zero attached hydrogens (tertiary/aromatic N) is 1. The van der Waals surface area contributed by atoms with Crippen molar-refractivity contribution < 1.29 is 14.7 Å². The van der Waals surface area contributed by atoms with Crippen LogP contribution in [0.4, 0.5) is 0 Å². The van der Waals surface area contributed by atoms with Gasteiger partial charge in [0.05, 0.1) is 11.5 Å². The smallest absolute Gasteiger partial charge is 0.309 e. The summed E-state index contributed by atoms with van der Waals surface area (Å²) < 4.78 is 0. The van der Waals surface area contributed by atoms with E-state index in [1.54, 1.807) is 4.90 Å². The van der Waals surface area contributed by atoms with Gasteiger partial charge in [-0.25, -0.2) is 0 Å². The van der Waals surface area contributed by atoms with Gasteiger partial charge in [-0.15, -0.1) is 0 Å². The molecule has 2 aliphatic rings. The van der Waals surface area contributed by atoms with Crippen molar-refractivity contribution in [3.05, 3.63) is 0 Å². The minimum absolute atomic E-state index is 0.00454. The van der Waals surface area contributed by atoms with Crippen molar-refractivity contribution in [2.45, 2.75) is 44.7 Å². The second-order valence-electron chi connectivity index (χ2n) is 4.74. The molecule has 1 atom stereocenters. The standard InChI is InChI=1S/C10H15NO3/c1-10(2)7(9(13)14)5-8(12)11(10)6-3-4-6/h6-7H,3-5H2,1-2H3,(H,13,14). The molecule has 1 N–H and O–H groups in total. The van der Waals surface area contributed by atoms with Crippen LogP contribution >= 0.6 is 0 Å². The number of hydrogen-bond donors (Lipinski definition) is 1. The fourth-order valence-electron chi connectivity index (χ4n) is 2.41. The highest BCUT2D eigenvalue weighted by atomic mass is 16.4. The number of likely N-dealkylation sites (tertiary alicyclic amines) is 1. The van der Waals surface area contributed by atoms with E-state index in [2.05, 4.69) is 0 Å². The van der Waals surface area contributed by atoms with Crippen LogP contribution in [0.25, 0.3) is 0 Å². The number of carbonyl (C=O) groups excluding carboxylic acids is 1. The maximum Gasteiger partial charge on any atom is 0.309 e. The van der Waals surface area contributed by atoms with Crippen LogP contribution in [0.1, 0.15) is 33.1 Å². The molecule has 0 aromatic carbocycles. The van der Waals surface area contributed by atoms with E-state index in [-0.39, 0.29) is 12.3 Å². The lowest BCUT2D eigenvalue weighted by Gasteiger charge is -2.34. The highest BCUT2D eigenvalue weighted by Crippen LogP contribution is 2.43. The van der Waals surface area contributed by atoms with E-state index >= 15 is 0 Å². The Kier molecular flexibility index (Phi) is 1.84. The Bertz CT molecular complexity index is 294. The van der Waals surface area contributed by atoms with Crippen LogP contribution in [-0.4, -0.2) is 33.5 Å². The van der Waals surface area contributed by atoms with E-state index in [0.29, 0.717) is 6.04 Å². The first kappa shape index (κ1) is 9.49. The Morgan fingerprint density at radius 1 is 1.50 bits per heavy atom. The second-order valence-corrected chi connectivity index (χ2v) is 4.74. The lowest BCUT2D eigenvalue weighted by molar-refractivity contribution is -0.144. The van der Waals surface area contributed by atoms with Gasteiger partial charge in [0.15, 0.2) is 0 Å². The first-order chi connectivity index (χ1) is 6.44. The number of rotatable bonds is 2. The molecule has 14 heavy (non-hydrogen) atoms. The van der Waals surface area contributed by atoms with Gasteiger partial charge < -0.3 is 10.0 Å². The Morgan fingerprint density at radius 3 is 2.43 bits per heavy atom. The summed E-state index contributed by atoms with van der Waals surface area (Å²) in [5.74, 6) is -1.40. The van der Waals surface area contributed by atoms with Crippen LogP contribution in [0.15, 0.2) is 0 Å². The predicted molar refractivity (Wildman–Crippen MR) is 49.7 cm³/mol. The maximum absolute atomic E-state index is 11.6. The third-order valence-electron chi connectivity index (χ3n) is 3.33. The zero-order valence-corrected chi connectivity index (χ0v) is 8.49. The Hall–Kier alpha value is -1.06. The summed E-state index contributed by atoms with van der Waals surface area (Å²) >= 11 is 0. The molecule has 1 amide bonds. The number of hydrogen-bond acceptors (Lipinski definition) is 2. The maximum atomic E-state index is 11.6. The van der Waals surface area contributed by atoms with Crippen molar-refractivity contribution in [1.29, 1.82) is 0 Å². The van der Waals surface area contributed by atoms with Gasteiger partial charge in [0.1, 0.15) is 0 Å². The first-order valence-corrected chi connectivity index (χ1v) is 4.99. The van der Waals surface area contributed by atoms with E-state index in [4.69, 9.17) is 5.11 Å². The summed E-state index contributed by atoms with van der Waals surface area (Å²) in [7, 11) is 0. The average molecular weight is 197 g/mol. The molecule has 1 heterocycles. The molecule has 2 fully saturated rings. The van der Waals surface area contributed by atoms with Crippen LogP contribution < -0.4 is 0 Å². The minimum atomic E-state index is -0.855. The van der Waals surface area contributed by atoms with Gasteiger partial charge in [-0.1, -0.05) is 0 Å². The zero-order chi connectivity index (χ0) is 10.5. The van der Waals surface area contributed by atoms with Crippen molar-refractivity contribution >= 4 is 11.9 Å². The molecular formula is C10H15NO3. The predicted octanol–water partition coefficient (Wildman–Crippen LogP) is 0.861. The molecule has 0 aromatic heterocycles. The fourth-order valence-corrected chi connectivity index (χ4v) is 2.41. The lowest BCUT2D eigenvalue weighted by atomic mass is 9.88. The second kappa shape index (κ2) is 2.72. The quantitative estimate of drug-likeness (QED) is 0.714. The minimum Gasteiger partial charge on any atom is -0.481 e. The van der Waals surface area contributed by atoms with Crippen molar-refractivity contribution in [1.82, 2.24) is 4.90 Å². The summed E-state index contributed by atoms with van der Waals surface area (Å²) in [6.07, 6.45) is 2.22. The average Bonchev–Trinajstić information content (AvgIpc) is 2.79. The number of carboxylic acid groups (broad SMARTS) is 1. The molecule has 78 valence electrons. The molecule has 1 saturated carbocycles. The third kappa shape index (κ3) is 1.21. The van der Waals surface area contributed by atoms with E-state index in [9.17, 15) is 9.59 Å². The summed E-state index contributed by atoms with van der Waals surface area (Å²) in [6.45, 7) is 3.71. The summed E-state index contributed by atoms with van der Waals surface area (Å²) in [6, 6.07) is 0.307. The number of amides is 1. The number of aliphatic carboxylic acids is 1. The van der Waals surface area contributed by atoms with E-state index in [1.165, 1.54) is 0 Å². The highest BCUT2D eigenvalue weighted by molar-refractivity contribution is 5.88. The monoisotopic (exact) mass is 197 g/mol. The summed E-state index contributed by atoms with van der Waals surface area (Å²) in [5.41, 5.74) is -0.510. The van der Waals surface area contributed by atoms with E-state index in [1.807, 2.05) is 13.8 Å². The SMILES string of the molecule is CC1(C)C(C(=O)O)CC(=O)N1C1CC1. The lowest BCUT2D eigenvalue weighted by Crippen LogP contribution is -2.47. The molecule has 0 aromatic rings. The van der Waals surface area contributed by atoms with Gasteiger partial charge in [-0.05, 0) is 26.7 Å². The van der Waals surface area contributed by atoms with Crippen molar-refractivity contribution in [3.63, 3.8) is 0 Å². The normalized spacial score (nSPS) is 30.9. The Morgan fingerprint density at radius 2 is 2.07 bits per heavy atom. The van der Waals surface area contributed by atoms with Crippen molar-refractivity contribution in [3.8, 4) is 0 Å². The van der Waals surface area contributed by atoms with E-state index < -0.39 is 17.4 Å². The van der Waals surface area contributed by atoms with Crippen LogP contribution in [0, 0.1) is 5.92 Å². The fraction of sp³-hybridized carbons (Fsp3) is 0.800. The Balaban J connectivity index is 2.27. The molecule has 0 radical (unpaired) electrons. The molecule has 1 aliphatic heterocycles. The molecule has 0 spiro atoms. The molecule has 0 bridgehead atoms. The molecule has 4 heteroatoms. The first-order valence-electron chi connectivity index (χ1n) is 4.99. The number of carbonyl (C=O) groups is 2. The molecule has 1 unspecified atom stereocenters. The molecule has 4 nitrogen and oxygen atoms in total. The van der Waals surface area contributed by atoms with Crippen LogP contribution in [0.2, 0.25) is 0 Å². The van der Waals surface area contributed by atoms with Gasteiger partial charge in [0, 0.05) is 12.5 Å². The molecule has 2 rings (SSSR count). The Labute approximate surface area is 82.9 Å². The molecule has 1 saturated heterocycles. The van der Waals surface area contributed by atoms with E-state index in [0.717, 1.165) is 12.8 Å². The van der Waals surface area contributed by atoms with Crippen LogP contribution in [0.5, 0.6) is 0 Å². The highest BCUT2D eigenvalue weighted by Gasteiger charge is 2.54. The van der Waals surface area contributed by atoms with Crippen molar-refractivity contribution in [2.24, 2.45) is 5.92 Å². The van der Waals surface area contributed by atoms with Gasteiger partial charge in [-0.3, -0.25) is 9.59 Å². The van der Waals surface area contributed by atoms with Gasteiger partial charge in [0.25, 0.3) is 0 Å². The molecular weight excluding hydrogens is 182 g/mol. The number of carboxylic acids is 1. The zero-order valence-electron chi connectivity index (χ0n) is 8.49. The van der Waals surface area contributed by atoms with Gasteiger partial charge in [-0.2, -0.15) is 0 Å². The molecule has 1 aliphatic carbocycles. The van der Waals surface area contributed by atoms with Gasteiger partial charge >= 0.3 is 5.97 Å². The van der Waals surface area contributed by atoms with Gasteiger partial charge in [0.2, 0.25) is 5.91 Å². The topological polar surface area (TPSA) is 57.6 Å². The third-order valence-corrected chi connectivity index (χ3v) is 3.33. The van der Waals surface area contributed by atoms with Crippen LogP contribution in [0.3, 0.4) is 0 Å².